The molecule has 2 aromatic rings. The number of fused-ring (bicyclic) bond motifs is 2. The second kappa shape index (κ2) is 11.4. The van der Waals surface area contributed by atoms with Gasteiger partial charge in [0.25, 0.3) is 0 Å². The standard InChI is InChI=1S/C29H31ClO6/c1-3-4-8-17(2)25(32)23(30)15-22-21-16-24(31)35-28(26(21)33)27(22)36-29(34)20-13-11-19(12-14-20)18-9-6-5-7-10-18/h5-7,9-15,17,21-22,26-28,33H,3-4,8,16H2,1-2H3/t17?,21-,22+,26+,27+,28?/m1/s1. The normalized spacial score (nSPS) is 26.3. The molecule has 1 saturated heterocycles. The third-order valence-corrected chi connectivity index (χ3v) is 7.44. The Morgan fingerprint density at radius 1 is 1.14 bits per heavy atom. The first-order valence-corrected chi connectivity index (χ1v) is 12.8. The molecular formula is C29H31ClO6. The number of aliphatic hydroxyl groups is 1. The van der Waals surface area contributed by atoms with Crippen LogP contribution >= 0.6 is 11.6 Å². The molecule has 0 aromatic heterocycles. The number of aliphatic hydroxyl groups excluding tert-OH is 1. The van der Waals surface area contributed by atoms with Gasteiger partial charge in [-0.15, -0.1) is 0 Å². The van der Waals surface area contributed by atoms with Crippen molar-refractivity contribution in [1.29, 1.82) is 0 Å². The van der Waals surface area contributed by atoms with Gasteiger partial charge in [0, 0.05) is 17.8 Å². The van der Waals surface area contributed by atoms with E-state index in [0.29, 0.717) is 5.56 Å². The molecule has 0 amide bonds. The number of Topliss-reactive ketones (excluding diaryl/α,β-unsaturated/α-hetero) is 1. The van der Waals surface area contributed by atoms with Gasteiger partial charge in [0.2, 0.25) is 0 Å². The summed E-state index contributed by atoms with van der Waals surface area (Å²) in [5, 5.41) is 10.8. The van der Waals surface area contributed by atoms with E-state index >= 15 is 0 Å². The molecule has 7 heteroatoms. The maximum atomic E-state index is 13.1. The van der Waals surface area contributed by atoms with Crippen molar-refractivity contribution in [2.75, 3.05) is 0 Å². The second-order valence-electron chi connectivity index (χ2n) is 9.63. The summed E-state index contributed by atoms with van der Waals surface area (Å²) in [5.41, 5.74) is 2.31. The lowest BCUT2D eigenvalue weighted by atomic mass is 9.89. The SMILES string of the molecule is CCCCC(C)C(=O)C(Cl)=C[C@H]1[C@H]2CC(=O)OC([C@H]2O)[C@H]1OC(=O)c1ccc(-c2ccccc2)cc1. The van der Waals surface area contributed by atoms with Gasteiger partial charge in [0.1, 0.15) is 6.10 Å². The Bertz CT molecular complexity index is 1130. The molecule has 190 valence electrons. The van der Waals surface area contributed by atoms with E-state index in [9.17, 15) is 19.5 Å². The number of rotatable bonds is 9. The third kappa shape index (κ3) is 5.55. The van der Waals surface area contributed by atoms with Crippen LogP contribution in [0.5, 0.6) is 0 Å². The lowest BCUT2D eigenvalue weighted by Crippen LogP contribution is -2.41. The quantitative estimate of drug-likeness (QED) is 0.363. The Kier molecular flexibility index (Phi) is 8.27. The number of esters is 2. The van der Waals surface area contributed by atoms with Crippen molar-refractivity contribution in [3.05, 3.63) is 71.3 Å². The Hall–Kier alpha value is -2.96. The monoisotopic (exact) mass is 510 g/mol. The zero-order valence-corrected chi connectivity index (χ0v) is 21.2. The Morgan fingerprint density at radius 2 is 1.81 bits per heavy atom. The Balaban J connectivity index is 1.54. The van der Waals surface area contributed by atoms with Crippen LogP contribution < -0.4 is 0 Å². The predicted molar refractivity (Wildman–Crippen MR) is 136 cm³/mol. The molecule has 4 rings (SSSR count). The summed E-state index contributed by atoms with van der Waals surface area (Å²) >= 11 is 6.42. The fourth-order valence-corrected chi connectivity index (χ4v) is 5.36. The Morgan fingerprint density at radius 3 is 2.47 bits per heavy atom. The summed E-state index contributed by atoms with van der Waals surface area (Å²) in [7, 11) is 0. The summed E-state index contributed by atoms with van der Waals surface area (Å²) in [4.78, 5) is 38.0. The summed E-state index contributed by atoms with van der Waals surface area (Å²) in [6.07, 6.45) is 1.13. The van der Waals surface area contributed by atoms with Gasteiger partial charge in [0.05, 0.1) is 23.1 Å². The molecule has 1 saturated carbocycles. The highest BCUT2D eigenvalue weighted by atomic mass is 35.5. The fraction of sp³-hybridized carbons (Fsp3) is 0.414. The smallest absolute Gasteiger partial charge is 0.338 e. The molecule has 6 nitrogen and oxygen atoms in total. The average molecular weight is 511 g/mol. The molecule has 1 aliphatic heterocycles. The maximum absolute atomic E-state index is 13.1. The van der Waals surface area contributed by atoms with Crippen LogP contribution in [0.2, 0.25) is 0 Å². The minimum atomic E-state index is -1.01. The number of carbonyl (C=O) groups is 3. The molecule has 2 aromatic carbocycles. The fourth-order valence-electron chi connectivity index (χ4n) is 5.03. The van der Waals surface area contributed by atoms with Crippen LogP contribution in [0, 0.1) is 17.8 Å². The molecule has 2 unspecified atom stereocenters. The van der Waals surface area contributed by atoms with Gasteiger partial charge in [-0.25, -0.2) is 4.79 Å². The van der Waals surface area contributed by atoms with E-state index < -0.39 is 42.1 Å². The van der Waals surface area contributed by atoms with Crippen molar-refractivity contribution < 1.29 is 29.0 Å². The largest absolute Gasteiger partial charge is 0.456 e. The number of ketones is 1. The number of carbonyl (C=O) groups excluding carboxylic acids is 3. The van der Waals surface area contributed by atoms with Crippen LogP contribution in [0.25, 0.3) is 11.1 Å². The van der Waals surface area contributed by atoms with E-state index in [1.165, 1.54) is 0 Å². The first-order valence-electron chi connectivity index (χ1n) is 12.5. The zero-order chi connectivity index (χ0) is 25.8. The molecule has 36 heavy (non-hydrogen) atoms. The Labute approximate surface area is 216 Å². The molecule has 1 heterocycles. The van der Waals surface area contributed by atoms with Crippen LogP contribution in [-0.4, -0.2) is 41.1 Å². The predicted octanol–water partition coefficient (Wildman–Crippen LogP) is 5.32. The van der Waals surface area contributed by atoms with Crippen molar-refractivity contribution in [2.45, 2.75) is 57.8 Å². The minimum Gasteiger partial charge on any atom is -0.456 e. The van der Waals surface area contributed by atoms with Gasteiger partial charge in [-0.1, -0.05) is 86.8 Å². The molecule has 6 atom stereocenters. The van der Waals surface area contributed by atoms with E-state index in [4.69, 9.17) is 21.1 Å². The second-order valence-corrected chi connectivity index (χ2v) is 10.0. The molecule has 0 radical (unpaired) electrons. The molecule has 1 aliphatic carbocycles. The highest BCUT2D eigenvalue weighted by Gasteiger charge is 2.57. The topological polar surface area (TPSA) is 89.9 Å². The van der Waals surface area contributed by atoms with E-state index in [-0.39, 0.29) is 23.2 Å². The van der Waals surface area contributed by atoms with Crippen molar-refractivity contribution in [3.8, 4) is 11.1 Å². The maximum Gasteiger partial charge on any atom is 0.338 e. The average Bonchev–Trinajstić information content (AvgIpc) is 3.02. The molecule has 2 fully saturated rings. The number of hydrogen-bond donors (Lipinski definition) is 1. The lowest BCUT2D eigenvalue weighted by Gasteiger charge is -2.26. The van der Waals surface area contributed by atoms with Crippen LogP contribution in [0.1, 0.15) is 49.9 Å². The first-order chi connectivity index (χ1) is 17.3. The van der Waals surface area contributed by atoms with Gasteiger partial charge in [-0.3, -0.25) is 9.59 Å². The summed E-state index contributed by atoms with van der Waals surface area (Å²) in [5.74, 6) is -2.71. The van der Waals surface area contributed by atoms with Crippen molar-refractivity contribution in [2.24, 2.45) is 17.8 Å². The number of hydrogen-bond acceptors (Lipinski definition) is 6. The minimum absolute atomic E-state index is 0.0315. The summed E-state index contributed by atoms with van der Waals surface area (Å²) in [6, 6.07) is 16.8. The van der Waals surface area contributed by atoms with E-state index in [1.54, 1.807) is 18.2 Å². The van der Waals surface area contributed by atoms with E-state index in [1.807, 2.05) is 49.4 Å². The molecule has 1 N–H and O–H groups in total. The van der Waals surface area contributed by atoms with E-state index in [2.05, 4.69) is 6.92 Å². The van der Waals surface area contributed by atoms with Crippen LogP contribution in [0.4, 0.5) is 0 Å². The highest BCUT2D eigenvalue weighted by molar-refractivity contribution is 6.42. The van der Waals surface area contributed by atoms with Crippen molar-refractivity contribution in [3.63, 3.8) is 0 Å². The van der Waals surface area contributed by atoms with Gasteiger partial charge in [0.15, 0.2) is 11.9 Å². The third-order valence-electron chi connectivity index (χ3n) is 7.13. The zero-order valence-electron chi connectivity index (χ0n) is 20.4. The van der Waals surface area contributed by atoms with Gasteiger partial charge in [-0.05, 0) is 29.7 Å². The van der Waals surface area contributed by atoms with Gasteiger partial charge >= 0.3 is 11.9 Å². The van der Waals surface area contributed by atoms with Crippen molar-refractivity contribution >= 4 is 29.3 Å². The number of ether oxygens (including phenoxy) is 2. The summed E-state index contributed by atoms with van der Waals surface area (Å²) < 4.78 is 11.2. The molecule has 2 aliphatic rings. The number of halogens is 1. The van der Waals surface area contributed by atoms with Crippen LogP contribution in [0.15, 0.2) is 65.7 Å². The van der Waals surface area contributed by atoms with Crippen molar-refractivity contribution in [1.82, 2.24) is 0 Å². The lowest BCUT2D eigenvalue weighted by molar-refractivity contribution is -0.168. The summed E-state index contributed by atoms with van der Waals surface area (Å²) in [6.45, 7) is 3.89. The van der Waals surface area contributed by atoms with Crippen LogP contribution in [-0.2, 0) is 19.1 Å². The number of unbranched alkanes of at least 4 members (excludes halogenated alkanes) is 1. The molecular weight excluding hydrogens is 480 g/mol. The van der Waals surface area contributed by atoms with Gasteiger partial charge in [-0.2, -0.15) is 0 Å². The highest BCUT2D eigenvalue weighted by Crippen LogP contribution is 2.44. The molecule has 2 bridgehead atoms. The van der Waals surface area contributed by atoms with E-state index in [0.717, 1.165) is 30.4 Å². The van der Waals surface area contributed by atoms with Gasteiger partial charge < -0.3 is 14.6 Å². The molecule has 0 spiro atoms. The number of allylic oxidation sites excluding steroid dienone is 1. The van der Waals surface area contributed by atoms with Crippen LogP contribution in [0.3, 0.4) is 0 Å². The number of benzene rings is 2. The first kappa shape index (κ1) is 26.1.